The van der Waals surface area contributed by atoms with E-state index in [1.54, 1.807) is 48.0 Å². The highest BCUT2D eigenvalue weighted by Crippen LogP contribution is 2.27. The molecule has 4 nitrogen and oxygen atoms in total. The maximum absolute atomic E-state index is 12.2. The van der Waals surface area contributed by atoms with Crippen LogP contribution in [0.25, 0.3) is 0 Å². The second-order valence-electron chi connectivity index (χ2n) is 4.52. The molecule has 0 fully saturated rings. The van der Waals surface area contributed by atoms with E-state index in [0.717, 1.165) is 0 Å². The molecular weight excluding hydrogens is 370 g/mol. The van der Waals surface area contributed by atoms with Crippen LogP contribution in [0.15, 0.2) is 47.1 Å². The van der Waals surface area contributed by atoms with Crippen molar-refractivity contribution in [2.75, 3.05) is 0 Å². The summed E-state index contributed by atoms with van der Waals surface area (Å²) in [6, 6.07) is 10.1. The van der Waals surface area contributed by atoms with Crippen molar-refractivity contribution < 1.29 is 14.5 Å². The largest absolute Gasteiger partial charge is 0.463 e. The first-order valence-corrected chi connectivity index (χ1v) is 7.86. The van der Waals surface area contributed by atoms with E-state index < -0.39 is 9.96 Å². The average molecular weight is 383 g/mol. The predicted molar refractivity (Wildman–Crippen MR) is 87.3 cm³/mol. The molecule has 22 heavy (non-hydrogen) atoms. The van der Waals surface area contributed by atoms with E-state index in [-0.39, 0.29) is 5.91 Å². The Kier molecular flexibility index (Phi) is 6.01. The van der Waals surface area contributed by atoms with Crippen molar-refractivity contribution in [2.24, 2.45) is 0 Å². The molecule has 0 saturated carbocycles. The first-order valence-electron chi connectivity index (χ1n) is 6.35. The van der Waals surface area contributed by atoms with Crippen molar-refractivity contribution >= 4 is 52.3 Å². The number of halogens is 4. The van der Waals surface area contributed by atoms with Gasteiger partial charge in [-0.3, -0.25) is 10.1 Å². The minimum Gasteiger partial charge on any atom is -0.463 e. The molecule has 1 aromatic heterocycles. The molecule has 8 heteroatoms. The Hall–Kier alpha value is -0.910. The molecule has 1 amide bonds. The number of quaternary nitrogens is 1. The Labute approximate surface area is 147 Å². The molecule has 1 heterocycles. The number of carbonyl (C=O) groups is 1. The molecule has 0 aliphatic heterocycles. The number of hydrogen-bond acceptors (Lipinski definition) is 2. The van der Waals surface area contributed by atoms with Crippen LogP contribution >= 0.6 is 46.4 Å². The lowest BCUT2D eigenvalue weighted by atomic mass is 10.2. The van der Waals surface area contributed by atoms with Gasteiger partial charge in [-0.05, 0) is 30.3 Å². The van der Waals surface area contributed by atoms with E-state index in [9.17, 15) is 4.79 Å². The van der Waals surface area contributed by atoms with Gasteiger partial charge in [-0.2, -0.15) is 0 Å². The van der Waals surface area contributed by atoms with Crippen LogP contribution in [-0.2, 0) is 6.54 Å². The number of alkyl halides is 3. The molecule has 1 aromatic carbocycles. The molecule has 0 aliphatic rings. The van der Waals surface area contributed by atoms with Gasteiger partial charge in [-0.15, -0.1) is 0 Å². The van der Waals surface area contributed by atoms with Crippen LogP contribution in [0.5, 0.6) is 0 Å². The molecule has 0 radical (unpaired) electrons. The second-order valence-corrected chi connectivity index (χ2v) is 7.33. The van der Waals surface area contributed by atoms with Crippen LogP contribution in [0, 0.1) is 0 Å². The Morgan fingerprint density at radius 3 is 2.64 bits per heavy atom. The zero-order valence-electron chi connectivity index (χ0n) is 11.2. The molecule has 0 spiro atoms. The summed E-state index contributed by atoms with van der Waals surface area (Å²) in [6.07, 6.45) is 0.770. The summed E-state index contributed by atoms with van der Waals surface area (Å²) in [6.45, 7) is 0.418. The molecule has 0 aliphatic carbocycles. The van der Waals surface area contributed by atoms with Gasteiger partial charge in [0, 0.05) is 10.6 Å². The molecule has 2 aromatic rings. The Morgan fingerprint density at radius 1 is 1.27 bits per heavy atom. The van der Waals surface area contributed by atoms with Crippen molar-refractivity contribution in [1.82, 2.24) is 5.32 Å². The highest BCUT2D eigenvalue weighted by Gasteiger charge is 2.37. The quantitative estimate of drug-likeness (QED) is 0.616. The number of carbonyl (C=O) groups excluding carboxylic acids is 1. The predicted octanol–water partition coefficient (Wildman–Crippen LogP) is 3.12. The van der Waals surface area contributed by atoms with Gasteiger partial charge in [-0.25, -0.2) is 0 Å². The molecule has 0 unspecified atom stereocenters. The third-order valence-electron chi connectivity index (χ3n) is 2.86. The molecule has 118 valence electrons. The van der Waals surface area contributed by atoms with E-state index >= 15 is 0 Å². The van der Waals surface area contributed by atoms with Crippen molar-refractivity contribution in [1.29, 1.82) is 0 Å². The average Bonchev–Trinajstić information content (AvgIpc) is 2.95. The van der Waals surface area contributed by atoms with Gasteiger partial charge in [-0.1, -0.05) is 52.5 Å². The number of furan rings is 1. The summed E-state index contributed by atoms with van der Waals surface area (Å²) in [5.41, 5.74) is 0.387. The molecule has 0 saturated heterocycles. The molecular formula is C14H13Cl4N2O2+. The number of hydrogen-bond donors (Lipinski definition) is 2. The van der Waals surface area contributed by atoms with E-state index in [1.165, 1.54) is 0 Å². The monoisotopic (exact) mass is 381 g/mol. The fourth-order valence-corrected chi connectivity index (χ4v) is 2.41. The fourth-order valence-electron chi connectivity index (χ4n) is 1.79. The standard InChI is InChI=1S/C14H12Cl4N2O2/c15-10-4-1-3-9(7-10)12(21)20-13(14(16,17)18)19-8-11-5-2-6-22-11/h1-7,13,19H,8H2,(H,20,21)/p+1/t13-/m1/s1. The van der Waals surface area contributed by atoms with Crippen LogP contribution in [0.3, 0.4) is 0 Å². The summed E-state index contributed by atoms with van der Waals surface area (Å²) in [7, 11) is 0. The van der Waals surface area contributed by atoms with Gasteiger partial charge in [0.1, 0.15) is 6.54 Å². The summed E-state index contributed by atoms with van der Waals surface area (Å²) < 4.78 is 3.53. The molecule has 3 N–H and O–H groups in total. The van der Waals surface area contributed by atoms with Crippen LogP contribution < -0.4 is 10.6 Å². The first kappa shape index (κ1) is 17.4. The number of rotatable bonds is 5. The van der Waals surface area contributed by atoms with E-state index in [1.807, 2.05) is 0 Å². The molecule has 2 rings (SSSR count). The topological polar surface area (TPSA) is 58.9 Å². The minimum atomic E-state index is -1.68. The van der Waals surface area contributed by atoms with Gasteiger partial charge >= 0.3 is 0 Å². The summed E-state index contributed by atoms with van der Waals surface area (Å²) in [4.78, 5) is 12.2. The first-order chi connectivity index (χ1) is 10.4. The second kappa shape index (κ2) is 7.57. The van der Waals surface area contributed by atoms with Gasteiger partial charge in [0.15, 0.2) is 5.76 Å². The lowest BCUT2D eigenvalue weighted by Gasteiger charge is -2.23. The van der Waals surface area contributed by atoms with Crippen LogP contribution in [0.2, 0.25) is 5.02 Å². The number of nitrogens with two attached hydrogens (primary N) is 1. The third kappa shape index (κ3) is 5.07. The number of amides is 1. The van der Waals surface area contributed by atoms with Gasteiger partial charge in [0.25, 0.3) is 9.70 Å². The molecule has 1 atom stereocenters. The minimum absolute atomic E-state index is 0.380. The Bertz CT molecular complexity index is 626. The maximum Gasteiger partial charge on any atom is 0.262 e. The smallest absolute Gasteiger partial charge is 0.262 e. The van der Waals surface area contributed by atoms with Crippen LogP contribution in [-0.4, -0.2) is 15.9 Å². The Morgan fingerprint density at radius 2 is 2.05 bits per heavy atom. The SMILES string of the molecule is O=C(N[C@@H]([NH2+]Cc1ccco1)C(Cl)(Cl)Cl)c1cccc(Cl)c1. The van der Waals surface area contributed by atoms with E-state index in [2.05, 4.69) is 5.32 Å². The summed E-state index contributed by atoms with van der Waals surface area (Å²) in [5.74, 6) is 0.325. The van der Waals surface area contributed by atoms with Crippen LogP contribution in [0.1, 0.15) is 16.1 Å². The fraction of sp³-hybridized carbons (Fsp3) is 0.214. The van der Waals surface area contributed by atoms with Crippen molar-refractivity contribution in [3.8, 4) is 0 Å². The zero-order chi connectivity index (χ0) is 16.2. The van der Waals surface area contributed by atoms with Gasteiger partial charge in [0.05, 0.1) is 6.26 Å². The van der Waals surface area contributed by atoms with Crippen molar-refractivity contribution in [2.45, 2.75) is 16.5 Å². The normalized spacial score (nSPS) is 12.9. The van der Waals surface area contributed by atoms with Crippen molar-refractivity contribution in [3.05, 3.63) is 59.0 Å². The van der Waals surface area contributed by atoms with Crippen LogP contribution in [0.4, 0.5) is 0 Å². The highest BCUT2D eigenvalue weighted by molar-refractivity contribution is 6.68. The van der Waals surface area contributed by atoms with E-state index in [4.69, 9.17) is 50.8 Å². The lowest BCUT2D eigenvalue weighted by Crippen LogP contribution is -2.95. The maximum atomic E-state index is 12.2. The number of benzene rings is 1. The lowest BCUT2D eigenvalue weighted by molar-refractivity contribution is -0.708. The highest BCUT2D eigenvalue weighted by atomic mass is 35.6. The van der Waals surface area contributed by atoms with E-state index in [0.29, 0.717) is 22.9 Å². The third-order valence-corrected chi connectivity index (χ3v) is 3.80. The molecule has 0 bridgehead atoms. The van der Waals surface area contributed by atoms with Crippen molar-refractivity contribution in [3.63, 3.8) is 0 Å². The summed E-state index contributed by atoms with van der Waals surface area (Å²) in [5, 5.41) is 4.80. The van der Waals surface area contributed by atoms with Gasteiger partial charge < -0.3 is 9.73 Å². The zero-order valence-corrected chi connectivity index (χ0v) is 14.3. The number of nitrogens with one attached hydrogen (secondary N) is 1. The van der Waals surface area contributed by atoms with Gasteiger partial charge in [0.2, 0.25) is 6.17 Å². The summed E-state index contributed by atoms with van der Waals surface area (Å²) >= 11 is 23.7. The Balaban J connectivity index is 2.04.